The molecule has 11 nitrogen and oxygen atoms in total. The molecule has 3 amide bonds. The second-order valence-corrected chi connectivity index (χ2v) is 7.60. The zero-order valence-electron chi connectivity index (χ0n) is 16.9. The van der Waals surface area contributed by atoms with Crippen LogP contribution in [0.15, 0.2) is 17.1 Å². The zero-order chi connectivity index (χ0) is 22.0. The number of amides is 3. The van der Waals surface area contributed by atoms with Crippen molar-refractivity contribution in [1.29, 1.82) is 0 Å². The molecule has 2 aromatic rings. The van der Waals surface area contributed by atoms with Gasteiger partial charge < -0.3 is 10.4 Å². The molecule has 0 aliphatic heterocycles. The molecule has 0 unspecified atom stereocenters. The lowest BCUT2D eigenvalue weighted by molar-refractivity contribution is -0.125. The molecule has 1 aliphatic carbocycles. The Balaban J connectivity index is 2.06. The zero-order valence-corrected chi connectivity index (χ0v) is 16.9. The minimum Gasteiger partial charge on any atom is -0.494 e. The van der Waals surface area contributed by atoms with Crippen LogP contribution in [0.2, 0.25) is 0 Å². The molecule has 0 radical (unpaired) electrons. The fraction of sp³-hybridized carbons (Fsp3) is 0.421. The van der Waals surface area contributed by atoms with Gasteiger partial charge in [0, 0.05) is 31.1 Å². The first-order valence-electron chi connectivity index (χ1n) is 9.58. The van der Waals surface area contributed by atoms with Crippen molar-refractivity contribution in [3.8, 4) is 5.88 Å². The molecule has 0 aromatic carbocycles. The van der Waals surface area contributed by atoms with E-state index >= 15 is 0 Å². The van der Waals surface area contributed by atoms with E-state index in [4.69, 9.17) is 0 Å². The minimum atomic E-state index is -0.747. The maximum atomic E-state index is 12.9. The van der Waals surface area contributed by atoms with E-state index in [1.807, 2.05) is 13.8 Å². The van der Waals surface area contributed by atoms with Crippen molar-refractivity contribution in [3.05, 3.63) is 33.8 Å². The molecule has 2 heterocycles. The molecule has 160 valence electrons. The lowest BCUT2D eigenvalue weighted by atomic mass is 10.2. The number of carbonyl (C=O) groups excluding carboxylic acids is 3. The Bertz CT molecular complexity index is 1090. The van der Waals surface area contributed by atoms with Crippen LogP contribution >= 0.6 is 0 Å². The Hall–Kier alpha value is -3.63. The minimum absolute atomic E-state index is 0.0174. The van der Waals surface area contributed by atoms with Crippen LogP contribution in [-0.2, 0) is 16.1 Å². The lowest BCUT2D eigenvalue weighted by Gasteiger charge is -2.17. The second-order valence-electron chi connectivity index (χ2n) is 7.60. The van der Waals surface area contributed by atoms with Crippen molar-refractivity contribution in [3.63, 3.8) is 0 Å². The maximum Gasteiger partial charge on any atom is 0.291 e. The predicted octanol–water partition coefficient (Wildman–Crippen LogP) is -0.0697. The average Bonchev–Trinajstić information content (AvgIpc) is 3.37. The summed E-state index contributed by atoms with van der Waals surface area (Å²) < 4.78 is 2.47. The Labute approximate surface area is 171 Å². The highest BCUT2D eigenvalue weighted by atomic mass is 16.3. The number of hydrogen-bond donors (Lipinski definition) is 4. The van der Waals surface area contributed by atoms with Gasteiger partial charge >= 0.3 is 0 Å². The summed E-state index contributed by atoms with van der Waals surface area (Å²) in [5.74, 6) is -2.03. The van der Waals surface area contributed by atoms with Gasteiger partial charge in [0.25, 0.3) is 17.4 Å². The maximum absolute atomic E-state index is 12.9. The summed E-state index contributed by atoms with van der Waals surface area (Å²) in [4.78, 5) is 48.1. The molecule has 1 aliphatic rings. The molecule has 2 aromatic heterocycles. The van der Waals surface area contributed by atoms with Gasteiger partial charge in [-0.15, -0.1) is 0 Å². The van der Waals surface area contributed by atoms with E-state index in [1.165, 1.54) is 23.8 Å². The summed E-state index contributed by atoms with van der Waals surface area (Å²) in [5, 5.41) is 17.6. The van der Waals surface area contributed by atoms with E-state index in [0.717, 1.165) is 23.4 Å². The number of aromatic hydroxyl groups is 1. The van der Waals surface area contributed by atoms with Crippen molar-refractivity contribution in [2.75, 3.05) is 0 Å². The smallest absolute Gasteiger partial charge is 0.291 e. The summed E-state index contributed by atoms with van der Waals surface area (Å²) in [7, 11) is 0. The van der Waals surface area contributed by atoms with Crippen LogP contribution in [0.4, 0.5) is 0 Å². The first-order chi connectivity index (χ1) is 14.2. The molecule has 1 saturated carbocycles. The number of nitrogens with zero attached hydrogens (tertiary/aromatic N) is 3. The van der Waals surface area contributed by atoms with Crippen molar-refractivity contribution >= 4 is 29.4 Å². The van der Waals surface area contributed by atoms with Crippen molar-refractivity contribution in [1.82, 2.24) is 30.3 Å². The van der Waals surface area contributed by atoms with Gasteiger partial charge in [-0.3, -0.25) is 34.6 Å². The number of aromatic nitrogens is 3. The summed E-state index contributed by atoms with van der Waals surface area (Å²) >= 11 is 0. The summed E-state index contributed by atoms with van der Waals surface area (Å²) in [6.45, 7) is 5.40. The third-order valence-electron chi connectivity index (χ3n) is 4.38. The van der Waals surface area contributed by atoms with Crippen LogP contribution in [0, 0.1) is 5.92 Å². The van der Waals surface area contributed by atoms with Gasteiger partial charge in [0.15, 0.2) is 5.56 Å². The standard InChI is InChI=1S/C19H24N6O5/c1-10(2)9-24-17-12(4-7-14(27)23-22-11(3)26)8-20-25(17)19(30)15(18(24)29)16(28)21-13-5-6-13/h4,7-8,10,13,29H,5-6,9H2,1-3H3,(H,21,28)(H,22,26)(H,23,27)/b7-4+. The summed E-state index contributed by atoms with van der Waals surface area (Å²) in [6, 6.07) is 0.0174. The molecular formula is C19H24N6O5. The SMILES string of the molecule is CC(=O)NNC(=O)/C=C/c1cnn2c(=O)c(C(=O)NC3CC3)c(O)n(CC(C)C)c12. The Morgan fingerprint density at radius 3 is 2.60 bits per heavy atom. The molecule has 0 atom stereocenters. The van der Waals surface area contributed by atoms with Crippen LogP contribution in [0.1, 0.15) is 49.5 Å². The van der Waals surface area contributed by atoms with E-state index in [-0.39, 0.29) is 23.2 Å². The number of rotatable bonds is 6. The highest BCUT2D eigenvalue weighted by Crippen LogP contribution is 2.24. The van der Waals surface area contributed by atoms with E-state index in [2.05, 4.69) is 21.3 Å². The lowest BCUT2D eigenvalue weighted by Crippen LogP contribution is -2.39. The number of carbonyl (C=O) groups is 3. The average molecular weight is 416 g/mol. The fourth-order valence-corrected chi connectivity index (χ4v) is 2.91. The normalized spacial score (nSPS) is 13.7. The van der Waals surface area contributed by atoms with E-state index in [0.29, 0.717) is 12.1 Å². The largest absolute Gasteiger partial charge is 0.494 e. The van der Waals surface area contributed by atoms with Crippen molar-refractivity contribution in [2.24, 2.45) is 5.92 Å². The van der Waals surface area contributed by atoms with Gasteiger partial charge in [0.1, 0.15) is 5.65 Å². The Kier molecular flexibility index (Phi) is 5.90. The fourth-order valence-electron chi connectivity index (χ4n) is 2.91. The molecule has 30 heavy (non-hydrogen) atoms. The summed E-state index contributed by atoms with van der Waals surface area (Å²) in [5.41, 5.74) is 3.87. The van der Waals surface area contributed by atoms with Crippen LogP contribution in [-0.4, -0.2) is 43.1 Å². The van der Waals surface area contributed by atoms with Crippen LogP contribution in [0.5, 0.6) is 5.88 Å². The van der Waals surface area contributed by atoms with E-state index in [9.17, 15) is 24.3 Å². The van der Waals surface area contributed by atoms with E-state index < -0.39 is 29.2 Å². The molecule has 11 heteroatoms. The number of hydrogen-bond acceptors (Lipinski definition) is 6. The monoisotopic (exact) mass is 416 g/mol. The molecule has 1 fully saturated rings. The van der Waals surface area contributed by atoms with Gasteiger partial charge in [0.05, 0.1) is 6.20 Å². The first kappa shape index (κ1) is 21.1. The van der Waals surface area contributed by atoms with Crippen LogP contribution in [0.3, 0.4) is 0 Å². The first-order valence-corrected chi connectivity index (χ1v) is 9.58. The van der Waals surface area contributed by atoms with Gasteiger partial charge in [-0.25, -0.2) is 0 Å². The van der Waals surface area contributed by atoms with Crippen molar-refractivity contribution in [2.45, 2.75) is 46.2 Å². The molecular weight excluding hydrogens is 392 g/mol. The second kappa shape index (κ2) is 8.39. The molecule has 0 bridgehead atoms. The molecule has 4 N–H and O–H groups in total. The highest BCUT2D eigenvalue weighted by Gasteiger charge is 2.29. The third-order valence-corrected chi connectivity index (χ3v) is 4.38. The number of hydrazine groups is 1. The van der Waals surface area contributed by atoms with Gasteiger partial charge in [0.2, 0.25) is 11.8 Å². The summed E-state index contributed by atoms with van der Waals surface area (Å²) in [6.07, 6.45) is 5.59. The topological polar surface area (TPSA) is 147 Å². The number of nitrogens with one attached hydrogen (secondary N) is 3. The Morgan fingerprint density at radius 1 is 1.30 bits per heavy atom. The molecule has 0 spiro atoms. The quantitative estimate of drug-likeness (QED) is 0.383. The number of fused-ring (bicyclic) bond motifs is 1. The highest BCUT2D eigenvalue weighted by molar-refractivity contribution is 5.97. The van der Waals surface area contributed by atoms with Gasteiger partial charge in [-0.05, 0) is 24.8 Å². The molecule has 0 saturated heterocycles. The third kappa shape index (κ3) is 4.50. The van der Waals surface area contributed by atoms with Crippen LogP contribution < -0.4 is 21.7 Å². The van der Waals surface area contributed by atoms with Crippen molar-refractivity contribution < 1.29 is 19.5 Å². The molecule has 3 rings (SSSR count). The Morgan fingerprint density at radius 2 is 2.00 bits per heavy atom. The predicted molar refractivity (Wildman–Crippen MR) is 107 cm³/mol. The van der Waals surface area contributed by atoms with Gasteiger partial charge in [-0.2, -0.15) is 9.61 Å². The van der Waals surface area contributed by atoms with E-state index in [1.54, 1.807) is 0 Å². The van der Waals surface area contributed by atoms with Crippen LogP contribution in [0.25, 0.3) is 11.7 Å². The van der Waals surface area contributed by atoms with Gasteiger partial charge in [-0.1, -0.05) is 13.8 Å².